The molecule has 1 aromatic carbocycles. The lowest BCUT2D eigenvalue weighted by molar-refractivity contribution is -0.156. The van der Waals surface area contributed by atoms with Crippen LogP contribution in [-0.2, 0) is 30.2 Å². The summed E-state index contributed by atoms with van der Waals surface area (Å²) in [5, 5.41) is 9.89. The molecule has 1 rings (SSSR count). The number of carbonyl (C=O) groups is 4. The van der Waals surface area contributed by atoms with E-state index in [-0.39, 0.29) is 36.4 Å². The third-order valence-electron chi connectivity index (χ3n) is 5.77. The van der Waals surface area contributed by atoms with Crippen LogP contribution in [0.3, 0.4) is 0 Å². The summed E-state index contributed by atoms with van der Waals surface area (Å²) in [4.78, 5) is 48.8. The first-order valence-electron chi connectivity index (χ1n) is 13.3. The van der Waals surface area contributed by atoms with E-state index in [1.165, 1.54) is 18.2 Å². The Hall–Kier alpha value is -3.34. The van der Waals surface area contributed by atoms with Gasteiger partial charge in [-0.15, -0.1) is 0 Å². The Kier molecular flexibility index (Phi) is 13.8. The van der Waals surface area contributed by atoms with Crippen LogP contribution in [0.2, 0.25) is 0 Å². The number of carboxylic acids is 1. The van der Waals surface area contributed by atoms with Crippen molar-refractivity contribution in [2.75, 3.05) is 0 Å². The molecular weight excluding hydrogens is 510 g/mol. The minimum atomic E-state index is -1.82. The van der Waals surface area contributed by atoms with Crippen molar-refractivity contribution < 1.29 is 48.0 Å². The molecule has 0 aliphatic rings. The van der Waals surface area contributed by atoms with Crippen LogP contribution in [0.25, 0.3) is 0 Å². The van der Waals surface area contributed by atoms with Gasteiger partial charge < -0.3 is 34.5 Å². The van der Waals surface area contributed by atoms with E-state index >= 15 is 0 Å². The van der Waals surface area contributed by atoms with Crippen LogP contribution in [0, 0.1) is 5.92 Å². The number of carbonyl (C=O) groups excluding carboxylic acids is 3. The molecule has 0 amide bonds. The lowest BCUT2D eigenvalue weighted by Crippen LogP contribution is -2.52. The van der Waals surface area contributed by atoms with Crippen molar-refractivity contribution in [3.05, 3.63) is 23.8 Å². The Morgan fingerprint density at radius 3 is 1.79 bits per heavy atom. The molecule has 220 valence electrons. The molecule has 3 N–H and O–H groups in total. The largest absolute Gasteiger partial charge is 0.514 e. The molecule has 0 saturated carbocycles. The number of benzene rings is 1. The molecule has 39 heavy (non-hydrogen) atoms. The molecule has 0 aliphatic carbocycles. The Balaban J connectivity index is 3.22. The van der Waals surface area contributed by atoms with Crippen molar-refractivity contribution in [1.82, 2.24) is 0 Å². The number of nitrogens with two attached hydrogens (primary N) is 1. The van der Waals surface area contributed by atoms with Crippen molar-refractivity contribution in [1.29, 1.82) is 0 Å². The van der Waals surface area contributed by atoms with E-state index in [4.69, 9.17) is 29.4 Å². The van der Waals surface area contributed by atoms with Crippen molar-refractivity contribution in [3.8, 4) is 11.5 Å². The summed E-state index contributed by atoms with van der Waals surface area (Å²) in [6.07, 6.45) is -1.09. The van der Waals surface area contributed by atoms with E-state index in [0.29, 0.717) is 18.4 Å². The average Bonchev–Trinajstić information content (AvgIpc) is 2.80. The smallest absolute Gasteiger partial charge is 0.480 e. The molecule has 4 atom stereocenters. The minimum Gasteiger partial charge on any atom is -0.480 e. The molecule has 11 heteroatoms. The zero-order valence-electron chi connectivity index (χ0n) is 24.0. The highest BCUT2D eigenvalue weighted by atomic mass is 16.7. The number of carboxylic acid groups (broad SMARTS) is 1. The Morgan fingerprint density at radius 1 is 0.821 bits per heavy atom. The van der Waals surface area contributed by atoms with Gasteiger partial charge in [0, 0.05) is 12.8 Å². The molecule has 0 heterocycles. The maximum absolute atomic E-state index is 12.4. The minimum absolute atomic E-state index is 0.121. The molecule has 0 radical (unpaired) electrons. The lowest BCUT2D eigenvalue weighted by atomic mass is 9.86. The summed E-state index contributed by atoms with van der Waals surface area (Å²) in [6.45, 7) is 12.2. The van der Waals surface area contributed by atoms with E-state index in [0.717, 1.165) is 12.8 Å². The summed E-state index contributed by atoms with van der Waals surface area (Å²) in [5.74, 6) is -2.45. The number of aliphatic carboxylic acids is 1. The van der Waals surface area contributed by atoms with Gasteiger partial charge in [0.1, 0.15) is 23.9 Å². The van der Waals surface area contributed by atoms with Gasteiger partial charge in [0.25, 0.3) is 0 Å². The van der Waals surface area contributed by atoms with E-state index < -0.39 is 42.0 Å². The highest BCUT2D eigenvalue weighted by Crippen LogP contribution is 2.32. The van der Waals surface area contributed by atoms with Gasteiger partial charge in [0.2, 0.25) is 0 Å². The van der Waals surface area contributed by atoms with Gasteiger partial charge in [-0.2, -0.15) is 0 Å². The molecule has 3 unspecified atom stereocenters. The Bertz CT molecular complexity index is 979. The summed E-state index contributed by atoms with van der Waals surface area (Å²) < 4.78 is 26.4. The first kappa shape index (κ1) is 33.7. The predicted octanol–water partition coefficient (Wildman–Crippen LogP) is 5.40. The van der Waals surface area contributed by atoms with Crippen molar-refractivity contribution in [2.24, 2.45) is 11.7 Å². The van der Waals surface area contributed by atoms with Crippen LogP contribution in [0.15, 0.2) is 18.2 Å². The van der Waals surface area contributed by atoms with E-state index in [1.54, 1.807) is 34.6 Å². The van der Waals surface area contributed by atoms with Crippen LogP contribution in [0.1, 0.15) is 86.1 Å². The van der Waals surface area contributed by atoms with Crippen molar-refractivity contribution in [3.63, 3.8) is 0 Å². The molecular formula is C28H43NO10. The highest BCUT2D eigenvalue weighted by molar-refractivity contribution is 5.79. The maximum atomic E-state index is 12.4. The zero-order valence-corrected chi connectivity index (χ0v) is 24.0. The molecule has 0 bridgehead atoms. The van der Waals surface area contributed by atoms with Gasteiger partial charge in [-0.1, -0.05) is 46.6 Å². The number of hydrogen-bond donors (Lipinski definition) is 2. The van der Waals surface area contributed by atoms with E-state index in [2.05, 4.69) is 0 Å². The molecule has 11 nitrogen and oxygen atoms in total. The number of esters is 1. The molecule has 0 aromatic heterocycles. The van der Waals surface area contributed by atoms with Crippen molar-refractivity contribution in [2.45, 2.75) is 111 Å². The zero-order chi connectivity index (χ0) is 29.8. The van der Waals surface area contributed by atoms with Crippen LogP contribution in [0.5, 0.6) is 11.5 Å². The van der Waals surface area contributed by atoms with Gasteiger partial charge in [0.05, 0.1) is 5.92 Å². The molecule has 0 spiro atoms. The third kappa shape index (κ3) is 11.9. The Labute approximate surface area is 230 Å². The second-order valence-electron chi connectivity index (χ2n) is 10.2. The highest BCUT2D eigenvalue weighted by Gasteiger charge is 2.37. The van der Waals surface area contributed by atoms with Crippen LogP contribution in [0.4, 0.5) is 9.59 Å². The fourth-order valence-corrected chi connectivity index (χ4v) is 3.80. The average molecular weight is 554 g/mol. The topological polar surface area (TPSA) is 161 Å². The fraction of sp³-hybridized carbons (Fsp3) is 0.643. The number of hydrogen-bond acceptors (Lipinski definition) is 10. The third-order valence-corrected chi connectivity index (χ3v) is 5.77. The normalized spacial score (nSPS) is 14.9. The summed E-state index contributed by atoms with van der Waals surface area (Å²) in [7, 11) is 0. The standard InChI is InChI=1S/C28H43NO10/c1-8-10-18(5)36-26(33)38-22-13-12-21(14-23(22)39-27(34)37-19(6)11-9-2)16-28(29,25(31)32)15-20(7)35-24(30)17(3)4/h12-14,17-20H,8-11,15-16,29H2,1-7H3,(H,31,32)/t18?,19?,20-,28?/m0/s1. The first-order valence-corrected chi connectivity index (χ1v) is 13.3. The van der Waals surface area contributed by atoms with Crippen LogP contribution < -0.4 is 15.2 Å². The summed E-state index contributed by atoms with van der Waals surface area (Å²) in [6, 6.07) is 4.19. The number of ether oxygens (including phenoxy) is 5. The van der Waals surface area contributed by atoms with Gasteiger partial charge >= 0.3 is 24.2 Å². The second-order valence-corrected chi connectivity index (χ2v) is 10.2. The van der Waals surface area contributed by atoms with Crippen molar-refractivity contribution >= 4 is 24.2 Å². The van der Waals surface area contributed by atoms with Gasteiger partial charge in [0.15, 0.2) is 11.5 Å². The van der Waals surface area contributed by atoms with Gasteiger partial charge in [-0.3, -0.25) is 9.59 Å². The fourth-order valence-electron chi connectivity index (χ4n) is 3.80. The van der Waals surface area contributed by atoms with E-state index in [1.807, 2.05) is 13.8 Å². The summed E-state index contributed by atoms with van der Waals surface area (Å²) >= 11 is 0. The van der Waals surface area contributed by atoms with E-state index in [9.17, 15) is 24.3 Å². The predicted molar refractivity (Wildman–Crippen MR) is 143 cm³/mol. The number of rotatable bonds is 15. The molecule has 0 saturated heterocycles. The molecule has 0 fully saturated rings. The quantitative estimate of drug-likeness (QED) is 0.163. The molecule has 0 aliphatic heterocycles. The molecule has 1 aromatic rings. The lowest BCUT2D eigenvalue weighted by Gasteiger charge is -2.28. The SMILES string of the molecule is CCCC(C)OC(=O)Oc1ccc(CC(N)(C[C@H](C)OC(=O)C(C)C)C(=O)O)cc1OC(=O)OC(C)CCC. The first-order chi connectivity index (χ1) is 18.2. The second kappa shape index (κ2) is 15.9. The van der Waals surface area contributed by atoms with Crippen LogP contribution in [-0.4, -0.2) is 53.2 Å². The van der Waals surface area contributed by atoms with Crippen LogP contribution >= 0.6 is 0 Å². The summed E-state index contributed by atoms with van der Waals surface area (Å²) in [5.41, 5.74) is 4.80. The van der Waals surface area contributed by atoms with Gasteiger partial charge in [-0.25, -0.2) is 9.59 Å². The van der Waals surface area contributed by atoms with Gasteiger partial charge in [-0.05, 0) is 51.3 Å². The maximum Gasteiger partial charge on any atom is 0.514 e. The monoisotopic (exact) mass is 553 g/mol. The Morgan fingerprint density at radius 2 is 1.33 bits per heavy atom.